The van der Waals surface area contributed by atoms with Crippen LogP contribution in [-0.2, 0) is 21.2 Å². The fourth-order valence-electron chi connectivity index (χ4n) is 2.53. The highest BCUT2D eigenvalue weighted by atomic mass is 35.5. The van der Waals surface area contributed by atoms with Crippen LogP contribution in [0.2, 0.25) is 5.02 Å². The maximum absolute atomic E-state index is 12.2. The van der Waals surface area contributed by atoms with E-state index in [4.69, 9.17) is 11.6 Å². The summed E-state index contributed by atoms with van der Waals surface area (Å²) in [5.41, 5.74) is 0.953. The first-order valence-corrected chi connectivity index (χ1v) is 9.56. The van der Waals surface area contributed by atoms with Gasteiger partial charge in [-0.05, 0) is 37.0 Å². The Kier molecular flexibility index (Phi) is 5.83. The Bertz CT molecular complexity index is 627. The maximum atomic E-state index is 12.2. The summed E-state index contributed by atoms with van der Waals surface area (Å²) in [5, 5.41) is 0.622. The monoisotopic (exact) mass is 344 g/mol. The molecule has 0 spiro atoms. The van der Waals surface area contributed by atoms with Gasteiger partial charge in [0.25, 0.3) is 0 Å². The van der Waals surface area contributed by atoms with Gasteiger partial charge < -0.3 is 4.90 Å². The molecule has 1 amide bonds. The molecule has 2 rings (SSSR count). The van der Waals surface area contributed by atoms with Crippen molar-refractivity contribution in [3.8, 4) is 0 Å². The second-order valence-electron chi connectivity index (χ2n) is 5.56. The van der Waals surface area contributed by atoms with Crippen LogP contribution in [0.25, 0.3) is 0 Å². The lowest BCUT2D eigenvalue weighted by Gasteiger charge is -2.23. The standard InChI is InChI=1S/C15H21ClN2O3S/c1-22(20,21)18(12-15(19)17-8-2-3-9-17)10-7-13-5-4-6-14(16)11-13/h4-6,11H,2-3,7-10,12H2,1H3. The van der Waals surface area contributed by atoms with Crippen molar-refractivity contribution in [2.45, 2.75) is 19.3 Å². The van der Waals surface area contributed by atoms with Gasteiger partial charge in [-0.1, -0.05) is 23.7 Å². The van der Waals surface area contributed by atoms with Gasteiger partial charge >= 0.3 is 0 Å². The highest BCUT2D eigenvalue weighted by Gasteiger charge is 2.24. The van der Waals surface area contributed by atoms with Crippen molar-refractivity contribution < 1.29 is 13.2 Å². The Balaban J connectivity index is 1.99. The molecule has 1 aromatic carbocycles. The normalized spacial score (nSPS) is 15.5. The molecule has 0 atom stereocenters. The Morgan fingerprint density at radius 1 is 1.32 bits per heavy atom. The highest BCUT2D eigenvalue weighted by molar-refractivity contribution is 7.88. The van der Waals surface area contributed by atoms with E-state index < -0.39 is 10.0 Å². The average Bonchev–Trinajstić information content (AvgIpc) is 2.96. The van der Waals surface area contributed by atoms with Crippen molar-refractivity contribution in [1.82, 2.24) is 9.21 Å². The first-order chi connectivity index (χ1) is 10.4. The minimum atomic E-state index is -3.42. The third-order valence-electron chi connectivity index (χ3n) is 3.78. The number of rotatable bonds is 6. The van der Waals surface area contributed by atoms with E-state index in [0.29, 0.717) is 11.4 Å². The number of likely N-dealkylation sites (tertiary alicyclic amines) is 1. The van der Waals surface area contributed by atoms with Gasteiger partial charge in [0.05, 0.1) is 12.8 Å². The Morgan fingerprint density at radius 3 is 2.59 bits per heavy atom. The average molecular weight is 345 g/mol. The van der Waals surface area contributed by atoms with E-state index >= 15 is 0 Å². The molecule has 0 aromatic heterocycles. The van der Waals surface area contributed by atoms with Gasteiger partial charge in [0.1, 0.15) is 0 Å². The molecular weight excluding hydrogens is 324 g/mol. The van der Waals surface area contributed by atoms with Crippen LogP contribution in [-0.4, -0.2) is 56.0 Å². The zero-order valence-corrected chi connectivity index (χ0v) is 14.2. The summed E-state index contributed by atoms with van der Waals surface area (Å²) in [6, 6.07) is 7.31. The number of carbonyl (C=O) groups excluding carboxylic acids is 1. The minimum Gasteiger partial charge on any atom is -0.342 e. The van der Waals surface area contributed by atoms with Crippen molar-refractivity contribution in [1.29, 1.82) is 0 Å². The van der Waals surface area contributed by atoms with E-state index in [1.807, 2.05) is 18.2 Å². The predicted octanol–water partition coefficient (Wildman–Crippen LogP) is 1.77. The van der Waals surface area contributed by atoms with Crippen LogP contribution in [0.15, 0.2) is 24.3 Å². The van der Waals surface area contributed by atoms with Gasteiger partial charge in [0.2, 0.25) is 15.9 Å². The van der Waals surface area contributed by atoms with Crippen molar-refractivity contribution in [2.24, 2.45) is 0 Å². The van der Waals surface area contributed by atoms with E-state index in [9.17, 15) is 13.2 Å². The van der Waals surface area contributed by atoms with Crippen LogP contribution in [0, 0.1) is 0 Å². The van der Waals surface area contributed by atoms with Gasteiger partial charge in [-0.2, -0.15) is 4.31 Å². The molecule has 7 heteroatoms. The van der Waals surface area contributed by atoms with Gasteiger partial charge in [-0.15, -0.1) is 0 Å². The highest BCUT2D eigenvalue weighted by Crippen LogP contribution is 2.13. The first-order valence-electron chi connectivity index (χ1n) is 7.33. The summed E-state index contributed by atoms with van der Waals surface area (Å²) < 4.78 is 25.0. The number of sulfonamides is 1. The predicted molar refractivity (Wildman–Crippen MR) is 87.4 cm³/mol. The molecule has 1 aliphatic rings. The van der Waals surface area contributed by atoms with Crippen molar-refractivity contribution in [3.63, 3.8) is 0 Å². The quantitative estimate of drug-likeness (QED) is 0.790. The lowest BCUT2D eigenvalue weighted by atomic mass is 10.1. The molecule has 5 nitrogen and oxygen atoms in total. The summed E-state index contributed by atoms with van der Waals surface area (Å²) in [6.07, 6.45) is 3.66. The van der Waals surface area contributed by atoms with Crippen LogP contribution in [0.3, 0.4) is 0 Å². The largest absolute Gasteiger partial charge is 0.342 e. The molecule has 22 heavy (non-hydrogen) atoms. The van der Waals surface area contributed by atoms with Gasteiger partial charge in [0, 0.05) is 24.7 Å². The number of amides is 1. The fourth-order valence-corrected chi connectivity index (χ4v) is 3.51. The number of hydrogen-bond acceptors (Lipinski definition) is 3. The van der Waals surface area contributed by atoms with E-state index in [-0.39, 0.29) is 19.0 Å². The Labute approximate surface area is 136 Å². The summed E-state index contributed by atoms with van der Waals surface area (Å²) in [6.45, 7) is 1.65. The molecule has 1 aromatic rings. The van der Waals surface area contributed by atoms with Crippen LogP contribution in [0.4, 0.5) is 0 Å². The van der Waals surface area contributed by atoms with Crippen LogP contribution < -0.4 is 0 Å². The molecule has 0 aliphatic carbocycles. The molecular formula is C15H21ClN2O3S. The summed E-state index contributed by atoms with van der Waals surface area (Å²) in [5.74, 6) is -0.117. The zero-order chi connectivity index (χ0) is 16.2. The number of halogens is 1. The topological polar surface area (TPSA) is 57.7 Å². The SMILES string of the molecule is CS(=O)(=O)N(CCc1cccc(Cl)c1)CC(=O)N1CCCC1. The van der Waals surface area contributed by atoms with E-state index in [0.717, 1.165) is 37.8 Å². The molecule has 1 heterocycles. The van der Waals surface area contributed by atoms with Crippen LogP contribution in [0.5, 0.6) is 0 Å². The third-order valence-corrected chi connectivity index (χ3v) is 5.26. The lowest BCUT2D eigenvalue weighted by Crippen LogP contribution is -2.42. The van der Waals surface area contributed by atoms with E-state index in [2.05, 4.69) is 0 Å². The van der Waals surface area contributed by atoms with Gasteiger partial charge in [-0.25, -0.2) is 8.42 Å². The van der Waals surface area contributed by atoms with Crippen molar-refractivity contribution in [3.05, 3.63) is 34.9 Å². The minimum absolute atomic E-state index is 0.0839. The first kappa shape index (κ1) is 17.2. The second kappa shape index (κ2) is 7.44. The van der Waals surface area contributed by atoms with E-state index in [1.165, 1.54) is 4.31 Å². The molecule has 0 bridgehead atoms. The fraction of sp³-hybridized carbons (Fsp3) is 0.533. The zero-order valence-electron chi connectivity index (χ0n) is 12.7. The molecule has 0 radical (unpaired) electrons. The second-order valence-corrected chi connectivity index (χ2v) is 7.98. The molecule has 1 fully saturated rings. The molecule has 1 saturated heterocycles. The maximum Gasteiger partial charge on any atom is 0.237 e. The molecule has 0 N–H and O–H groups in total. The number of nitrogens with zero attached hydrogens (tertiary/aromatic N) is 2. The van der Waals surface area contributed by atoms with Crippen LogP contribution in [0.1, 0.15) is 18.4 Å². The molecule has 1 aliphatic heterocycles. The van der Waals surface area contributed by atoms with E-state index in [1.54, 1.807) is 11.0 Å². The summed E-state index contributed by atoms with van der Waals surface area (Å²) >= 11 is 5.93. The van der Waals surface area contributed by atoms with Crippen molar-refractivity contribution >= 4 is 27.5 Å². The van der Waals surface area contributed by atoms with Crippen LogP contribution >= 0.6 is 11.6 Å². The number of benzene rings is 1. The molecule has 0 unspecified atom stereocenters. The smallest absolute Gasteiger partial charge is 0.237 e. The summed E-state index contributed by atoms with van der Waals surface area (Å²) in [4.78, 5) is 13.9. The Hall–Kier alpha value is -1.11. The third kappa shape index (κ3) is 4.97. The van der Waals surface area contributed by atoms with Crippen molar-refractivity contribution in [2.75, 3.05) is 32.4 Å². The summed E-state index contributed by atoms with van der Waals surface area (Å²) in [7, 11) is -3.42. The number of hydrogen-bond donors (Lipinski definition) is 0. The molecule has 122 valence electrons. The van der Waals surface area contributed by atoms with Gasteiger partial charge in [-0.3, -0.25) is 4.79 Å². The number of carbonyl (C=O) groups is 1. The molecule has 0 saturated carbocycles. The lowest BCUT2D eigenvalue weighted by molar-refractivity contribution is -0.130. The Morgan fingerprint density at radius 2 is 2.00 bits per heavy atom. The van der Waals surface area contributed by atoms with Gasteiger partial charge in [0.15, 0.2) is 0 Å².